The Morgan fingerprint density at radius 1 is 0.308 bits per heavy atom. The highest BCUT2D eigenvalue weighted by Gasteiger charge is 2.11. The molecular formula is C38H79N. The Morgan fingerprint density at radius 3 is 0.872 bits per heavy atom. The van der Waals surface area contributed by atoms with Crippen LogP contribution < -0.4 is 5.32 Å². The first-order chi connectivity index (χ1) is 19.2. The van der Waals surface area contributed by atoms with Crippen LogP contribution in [-0.4, -0.2) is 13.1 Å². The summed E-state index contributed by atoms with van der Waals surface area (Å²) in [6, 6.07) is 0. The lowest BCUT2D eigenvalue weighted by Gasteiger charge is -2.20. The van der Waals surface area contributed by atoms with E-state index >= 15 is 0 Å². The minimum absolute atomic E-state index is 0.906. The minimum atomic E-state index is 0.906. The van der Waals surface area contributed by atoms with Crippen molar-refractivity contribution in [2.24, 2.45) is 11.8 Å². The number of unbranched alkanes of at least 4 members (excludes halogenated alkanes) is 25. The van der Waals surface area contributed by atoms with Gasteiger partial charge in [0.2, 0.25) is 0 Å². The third-order valence-electron chi connectivity index (χ3n) is 9.45. The maximum Gasteiger partial charge on any atom is -0.00489 e. The second-order valence-corrected chi connectivity index (χ2v) is 13.5. The Labute approximate surface area is 250 Å². The van der Waals surface area contributed by atoms with Crippen molar-refractivity contribution in [1.29, 1.82) is 0 Å². The Hall–Kier alpha value is -0.0400. The number of hydrogen-bond donors (Lipinski definition) is 1. The molecule has 39 heavy (non-hydrogen) atoms. The molecule has 0 spiro atoms. The molecule has 236 valence electrons. The molecule has 2 unspecified atom stereocenters. The molecule has 2 atom stereocenters. The molecule has 0 aliphatic rings. The highest BCUT2D eigenvalue weighted by atomic mass is 14.8. The Kier molecular flexibility index (Phi) is 34.1. The largest absolute Gasteiger partial charge is 0.317 e. The van der Waals surface area contributed by atoms with Gasteiger partial charge in [0.15, 0.2) is 0 Å². The van der Waals surface area contributed by atoms with E-state index < -0.39 is 0 Å². The summed E-state index contributed by atoms with van der Waals surface area (Å²) in [5, 5.41) is 3.71. The minimum Gasteiger partial charge on any atom is -0.317 e. The van der Waals surface area contributed by atoms with Crippen LogP contribution in [-0.2, 0) is 0 Å². The summed E-state index contributed by atoms with van der Waals surface area (Å²) < 4.78 is 0. The average molecular weight is 550 g/mol. The Balaban J connectivity index is 3.23. The lowest BCUT2D eigenvalue weighted by molar-refractivity contribution is 0.323. The van der Waals surface area contributed by atoms with E-state index in [9.17, 15) is 0 Å². The summed E-state index contributed by atoms with van der Waals surface area (Å²) >= 11 is 0. The van der Waals surface area contributed by atoms with Crippen molar-refractivity contribution < 1.29 is 0 Å². The van der Waals surface area contributed by atoms with Crippen LogP contribution in [0.5, 0.6) is 0 Å². The molecule has 0 rings (SSSR count). The van der Waals surface area contributed by atoms with Crippen molar-refractivity contribution in [2.45, 2.75) is 220 Å². The molecule has 0 amide bonds. The zero-order chi connectivity index (χ0) is 28.5. The van der Waals surface area contributed by atoms with Gasteiger partial charge in [-0.25, -0.2) is 0 Å². The maximum atomic E-state index is 3.71. The highest BCUT2D eigenvalue weighted by Crippen LogP contribution is 2.23. The van der Waals surface area contributed by atoms with Gasteiger partial charge in [-0.1, -0.05) is 207 Å². The van der Waals surface area contributed by atoms with Crippen LogP contribution in [0.25, 0.3) is 0 Å². The first-order valence-corrected chi connectivity index (χ1v) is 18.9. The van der Waals surface area contributed by atoms with Gasteiger partial charge < -0.3 is 5.32 Å². The van der Waals surface area contributed by atoms with Gasteiger partial charge in [-0.3, -0.25) is 0 Å². The molecule has 1 nitrogen and oxygen atoms in total. The third kappa shape index (κ3) is 32.3. The molecule has 1 heteroatoms. The molecule has 0 saturated heterocycles. The van der Waals surface area contributed by atoms with Crippen LogP contribution in [0.4, 0.5) is 0 Å². The van der Waals surface area contributed by atoms with Crippen molar-refractivity contribution in [3.05, 3.63) is 0 Å². The topological polar surface area (TPSA) is 12.0 Å². The van der Waals surface area contributed by atoms with E-state index in [1.54, 1.807) is 0 Å². The molecule has 0 aliphatic carbocycles. The van der Waals surface area contributed by atoms with Crippen LogP contribution in [0.15, 0.2) is 0 Å². The number of hydrogen-bond acceptors (Lipinski definition) is 1. The third-order valence-corrected chi connectivity index (χ3v) is 9.45. The highest BCUT2D eigenvalue weighted by molar-refractivity contribution is 4.64. The molecule has 0 heterocycles. The molecule has 0 aliphatic heterocycles. The Morgan fingerprint density at radius 2 is 0.538 bits per heavy atom. The lowest BCUT2D eigenvalue weighted by atomic mass is 9.87. The smallest absolute Gasteiger partial charge is 0.00489 e. The summed E-state index contributed by atoms with van der Waals surface area (Å²) in [4.78, 5) is 0. The van der Waals surface area contributed by atoms with E-state index in [-0.39, 0.29) is 0 Å². The van der Waals surface area contributed by atoms with E-state index in [1.807, 2.05) is 0 Å². The van der Waals surface area contributed by atoms with E-state index in [4.69, 9.17) is 0 Å². The first kappa shape index (κ1) is 39.0. The van der Waals surface area contributed by atoms with Gasteiger partial charge >= 0.3 is 0 Å². The first-order valence-electron chi connectivity index (χ1n) is 18.9. The standard InChI is InChI=1S/C38H79N/c1-5-7-9-11-13-15-17-18-19-20-21-22-24-26-28-31-35-39-36-32-30-34-38(4)37(3)33-29-27-25-23-16-14-12-10-8-6-2/h37-39H,5-36H2,1-4H3. The fourth-order valence-corrected chi connectivity index (χ4v) is 6.16. The molecule has 0 radical (unpaired) electrons. The van der Waals surface area contributed by atoms with Crippen molar-refractivity contribution in [2.75, 3.05) is 13.1 Å². The predicted octanol–water partition coefficient (Wildman–Crippen LogP) is 13.6. The number of nitrogens with one attached hydrogen (secondary N) is 1. The van der Waals surface area contributed by atoms with Crippen LogP contribution in [0.2, 0.25) is 0 Å². The van der Waals surface area contributed by atoms with Gasteiger partial charge in [0.1, 0.15) is 0 Å². The van der Waals surface area contributed by atoms with Crippen LogP contribution >= 0.6 is 0 Å². The molecule has 0 aromatic heterocycles. The average Bonchev–Trinajstić information content (AvgIpc) is 2.94. The summed E-state index contributed by atoms with van der Waals surface area (Å²) in [5.41, 5.74) is 0. The predicted molar refractivity (Wildman–Crippen MR) is 181 cm³/mol. The second kappa shape index (κ2) is 34.2. The summed E-state index contributed by atoms with van der Waals surface area (Å²) in [7, 11) is 0. The summed E-state index contributed by atoms with van der Waals surface area (Å²) in [6.45, 7) is 12.1. The van der Waals surface area contributed by atoms with E-state index in [1.165, 1.54) is 206 Å². The van der Waals surface area contributed by atoms with E-state index in [2.05, 4.69) is 33.0 Å². The van der Waals surface area contributed by atoms with Gasteiger partial charge in [-0.05, 0) is 37.8 Å². The van der Waals surface area contributed by atoms with Gasteiger partial charge in [-0.15, -0.1) is 0 Å². The van der Waals surface area contributed by atoms with Crippen LogP contribution in [0.3, 0.4) is 0 Å². The summed E-state index contributed by atoms with van der Waals surface area (Å²) in [6.07, 6.45) is 43.5. The van der Waals surface area contributed by atoms with Crippen molar-refractivity contribution in [1.82, 2.24) is 5.32 Å². The lowest BCUT2D eigenvalue weighted by Crippen LogP contribution is -2.17. The zero-order valence-electron chi connectivity index (χ0n) is 28.3. The van der Waals surface area contributed by atoms with Gasteiger partial charge in [0.05, 0.1) is 0 Å². The van der Waals surface area contributed by atoms with Gasteiger partial charge in [0, 0.05) is 0 Å². The quantitative estimate of drug-likeness (QED) is 0.0787. The van der Waals surface area contributed by atoms with E-state index in [0.29, 0.717) is 0 Å². The maximum absolute atomic E-state index is 3.71. The normalized spacial score (nSPS) is 13.2. The van der Waals surface area contributed by atoms with Crippen LogP contribution in [0, 0.1) is 11.8 Å². The van der Waals surface area contributed by atoms with Crippen molar-refractivity contribution >= 4 is 0 Å². The zero-order valence-corrected chi connectivity index (χ0v) is 28.3. The fraction of sp³-hybridized carbons (Fsp3) is 1.00. The van der Waals surface area contributed by atoms with Crippen LogP contribution in [0.1, 0.15) is 220 Å². The Bertz CT molecular complexity index is 419. The molecule has 0 aromatic carbocycles. The molecule has 0 bridgehead atoms. The van der Waals surface area contributed by atoms with Crippen molar-refractivity contribution in [3.63, 3.8) is 0 Å². The summed E-state index contributed by atoms with van der Waals surface area (Å²) in [5.74, 6) is 1.82. The molecular weight excluding hydrogens is 470 g/mol. The molecule has 1 N–H and O–H groups in total. The molecule has 0 fully saturated rings. The fourth-order valence-electron chi connectivity index (χ4n) is 6.16. The monoisotopic (exact) mass is 550 g/mol. The van der Waals surface area contributed by atoms with E-state index in [0.717, 1.165) is 11.8 Å². The van der Waals surface area contributed by atoms with Gasteiger partial charge in [-0.2, -0.15) is 0 Å². The molecule has 0 saturated carbocycles. The number of rotatable bonds is 34. The second-order valence-electron chi connectivity index (χ2n) is 13.5. The van der Waals surface area contributed by atoms with Gasteiger partial charge in [0.25, 0.3) is 0 Å². The molecule has 0 aromatic rings. The van der Waals surface area contributed by atoms with Crippen molar-refractivity contribution in [3.8, 4) is 0 Å². The SMILES string of the molecule is CCCCCCCCCCCCCCCCCCNCCCCC(C)C(C)CCCCCCCCCCCC.